The number of nitrogens with one attached hydrogen (secondary N) is 5. The Morgan fingerprint density at radius 2 is 0.769 bits per heavy atom. The predicted molar refractivity (Wildman–Crippen MR) is 120 cm³/mol. The molecule has 5 N–H and O–H groups in total. The van der Waals surface area contributed by atoms with E-state index in [-0.39, 0.29) is 12.4 Å². The summed E-state index contributed by atoms with van der Waals surface area (Å²) in [5.74, 6) is 0. The molecule has 0 amide bonds. The molecule has 0 bridgehead atoms. The van der Waals surface area contributed by atoms with Gasteiger partial charge in [0.05, 0.1) is 0 Å². The molecule has 26 heavy (non-hydrogen) atoms. The van der Waals surface area contributed by atoms with Crippen LogP contribution in [0.15, 0.2) is 12.2 Å². The summed E-state index contributed by atoms with van der Waals surface area (Å²) in [6.45, 7) is 15.3. The Hall–Kier alpha value is -0.170. The smallest absolute Gasteiger partial charge is 0.0135 e. The van der Waals surface area contributed by atoms with Gasteiger partial charge in [-0.15, -0.1) is 12.4 Å². The maximum atomic E-state index is 3.53. The largest absolute Gasteiger partial charge is 0.317 e. The molecule has 0 aromatic carbocycles. The lowest BCUT2D eigenvalue weighted by molar-refractivity contribution is 0.563. The van der Waals surface area contributed by atoms with Gasteiger partial charge in [-0.05, 0) is 90.9 Å². The highest BCUT2D eigenvalue weighted by molar-refractivity contribution is 5.85. The lowest BCUT2D eigenvalue weighted by Crippen LogP contribution is -2.21. The van der Waals surface area contributed by atoms with Gasteiger partial charge in [0, 0.05) is 13.1 Å². The fourth-order valence-corrected chi connectivity index (χ4v) is 2.52. The first-order chi connectivity index (χ1) is 12.4. The molecule has 0 aromatic rings. The Kier molecular flexibility index (Phi) is 29.2. The van der Waals surface area contributed by atoms with Crippen LogP contribution in [0.1, 0.15) is 52.4 Å². The molecular formula is C20H46ClN5. The summed E-state index contributed by atoms with van der Waals surface area (Å²) < 4.78 is 0. The summed E-state index contributed by atoms with van der Waals surface area (Å²) >= 11 is 0. The maximum absolute atomic E-state index is 3.53. The van der Waals surface area contributed by atoms with E-state index < -0.39 is 0 Å². The van der Waals surface area contributed by atoms with Crippen LogP contribution in [0.4, 0.5) is 0 Å². The zero-order valence-corrected chi connectivity index (χ0v) is 18.2. The highest BCUT2D eigenvalue weighted by atomic mass is 35.5. The summed E-state index contributed by atoms with van der Waals surface area (Å²) in [4.78, 5) is 0. The average Bonchev–Trinajstić information content (AvgIpc) is 2.63. The molecule has 6 heteroatoms. The van der Waals surface area contributed by atoms with Crippen molar-refractivity contribution in [2.24, 2.45) is 0 Å². The number of hydrogen-bond donors (Lipinski definition) is 5. The van der Waals surface area contributed by atoms with Crippen molar-refractivity contribution in [1.82, 2.24) is 26.6 Å². The minimum absolute atomic E-state index is 0. The maximum Gasteiger partial charge on any atom is 0.0135 e. The third-order valence-electron chi connectivity index (χ3n) is 4.06. The SMILES string of the molecule is CCNCCCCNC/C=C\CNCCCCNCCCCNCC.Cl. The summed E-state index contributed by atoms with van der Waals surface area (Å²) in [7, 11) is 0. The Balaban J connectivity index is 0. The first-order valence-corrected chi connectivity index (χ1v) is 10.6. The molecule has 0 spiro atoms. The number of rotatable bonds is 21. The minimum atomic E-state index is 0. The summed E-state index contributed by atoms with van der Waals surface area (Å²) in [5, 5.41) is 17.2. The van der Waals surface area contributed by atoms with E-state index in [4.69, 9.17) is 0 Å². The second-order valence-electron chi connectivity index (χ2n) is 6.46. The van der Waals surface area contributed by atoms with Gasteiger partial charge in [-0.1, -0.05) is 26.0 Å². The van der Waals surface area contributed by atoms with E-state index in [2.05, 4.69) is 52.6 Å². The van der Waals surface area contributed by atoms with Crippen molar-refractivity contribution in [3.8, 4) is 0 Å². The molecule has 0 aliphatic carbocycles. The van der Waals surface area contributed by atoms with E-state index in [0.29, 0.717) is 0 Å². The van der Waals surface area contributed by atoms with E-state index in [1.54, 1.807) is 0 Å². The van der Waals surface area contributed by atoms with Gasteiger partial charge in [-0.25, -0.2) is 0 Å². The summed E-state index contributed by atoms with van der Waals surface area (Å²) in [6.07, 6.45) is 12.0. The molecule has 0 radical (unpaired) electrons. The molecule has 158 valence electrons. The van der Waals surface area contributed by atoms with Gasteiger partial charge in [0.15, 0.2) is 0 Å². The van der Waals surface area contributed by atoms with Gasteiger partial charge >= 0.3 is 0 Å². The monoisotopic (exact) mass is 391 g/mol. The number of halogens is 1. The van der Waals surface area contributed by atoms with Crippen LogP contribution in [0, 0.1) is 0 Å². The number of unbranched alkanes of at least 4 members (excludes halogenated alkanes) is 3. The van der Waals surface area contributed by atoms with E-state index in [9.17, 15) is 0 Å². The molecule has 0 aromatic heterocycles. The van der Waals surface area contributed by atoms with Crippen molar-refractivity contribution in [2.45, 2.75) is 52.4 Å². The highest BCUT2D eigenvalue weighted by Gasteiger charge is 1.91. The van der Waals surface area contributed by atoms with Crippen LogP contribution in [0.5, 0.6) is 0 Å². The first kappa shape index (κ1) is 28.0. The van der Waals surface area contributed by atoms with Crippen LogP contribution in [0.25, 0.3) is 0 Å². The van der Waals surface area contributed by atoms with Crippen molar-refractivity contribution < 1.29 is 0 Å². The molecule has 0 saturated heterocycles. The molecule has 0 saturated carbocycles. The van der Waals surface area contributed by atoms with Crippen molar-refractivity contribution in [2.75, 3.05) is 65.4 Å². The van der Waals surface area contributed by atoms with Gasteiger partial charge < -0.3 is 26.6 Å². The fraction of sp³-hybridized carbons (Fsp3) is 0.900. The van der Waals surface area contributed by atoms with Crippen LogP contribution in [0.2, 0.25) is 0 Å². The summed E-state index contributed by atoms with van der Waals surface area (Å²) in [6, 6.07) is 0. The molecule has 0 rings (SSSR count). The van der Waals surface area contributed by atoms with Crippen molar-refractivity contribution in [3.05, 3.63) is 12.2 Å². The lowest BCUT2D eigenvalue weighted by Gasteiger charge is -2.05. The third-order valence-corrected chi connectivity index (χ3v) is 4.06. The van der Waals surface area contributed by atoms with E-state index in [1.165, 1.54) is 38.5 Å². The first-order valence-electron chi connectivity index (χ1n) is 10.6. The Morgan fingerprint density at radius 3 is 1.12 bits per heavy atom. The average molecular weight is 392 g/mol. The van der Waals surface area contributed by atoms with Gasteiger partial charge in [-0.3, -0.25) is 0 Å². The second-order valence-corrected chi connectivity index (χ2v) is 6.46. The van der Waals surface area contributed by atoms with E-state index in [0.717, 1.165) is 65.4 Å². The van der Waals surface area contributed by atoms with E-state index >= 15 is 0 Å². The highest BCUT2D eigenvalue weighted by Crippen LogP contribution is 1.88. The number of hydrogen-bond acceptors (Lipinski definition) is 5. The van der Waals surface area contributed by atoms with Crippen LogP contribution >= 0.6 is 12.4 Å². The fourth-order valence-electron chi connectivity index (χ4n) is 2.52. The Bertz CT molecular complexity index is 265. The topological polar surface area (TPSA) is 60.1 Å². The molecule has 0 atom stereocenters. The molecule has 0 aliphatic heterocycles. The third kappa shape index (κ3) is 26.1. The van der Waals surface area contributed by atoms with Gasteiger partial charge in [0.1, 0.15) is 0 Å². The van der Waals surface area contributed by atoms with E-state index in [1.807, 2.05) is 0 Å². The molecule has 0 aliphatic rings. The van der Waals surface area contributed by atoms with Gasteiger partial charge in [0.25, 0.3) is 0 Å². The summed E-state index contributed by atoms with van der Waals surface area (Å²) in [5.41, 5.74) is 0. The molecular weight excluding hydrogens is 346 g/mol. The predicted octanol–water partition coefficient (Wildman–Crippen LogP) is 2.29. The van der Waals surface area contributed by atoms with Gasteiger partial charge in [0.2, 0.25) is 0 Å². The van der Waals surface area contributed by atoms with Crippen molar-refractivity contribution in [3.63, 3.8) is 0 Å². The van der Waals surface area contributed by atoms with Crippen molar-refractivity contribution >= 4 is 12.4 Å². The lowest BCUT2D eigenvalue weighted by atomic mass is 10.2. The zero-order chi connectivity index (χ0) is 18.3. The van der Waals surface area contributed by atoms with Crippen LogP contribution < -0.4 is 26.6 Å². The normalized spacial score (nSPS) is 11.2. The minimum Gasteiger partial charge on any atom is -0.317 e. The van der Waals surface area contributed by atoms with Crippen LogP contribution in [0.3, 0.4) is 0 Å². The van der Waals surface area contributed by atoms with Gasteiger partial charge in [-0.2, -0.15) is 0 Å². The Morgan fingerprint density at radius 1 is 0.462 bits per heavy atom. The van der Waals surface area contributed by atoms with Crippen LogP contribution in [-0.2, 0) is 0 Å². The Labute approximate surface area is 169 Å². The molecule has 0 heterocycles. The quantitative estimate of drug-likeness (QED) is 0.153. The standard InChI is InChI=1S/C20H45N5.ClH/c1-3-21-13-5-7-15-23-17-9-11-19-25-20-12-10-18-24-16-8-6-14-22-4-2;/h9,11,21-25H,3-8,10,12-20H2,1-2H3;1H/b11-9-;. The molecule has 0 unspecified atom stereocenters. The molecule has 5 nitrogen and oxygen atoms in total. The zero-order valence-electron chi connectivity index (χ0n) is 17.4. The second kappa shape index (κ2) is 27.1. The molecule has 0 fully saturated rings. The van der Waals surface area contributed by atoms with Crippen LogP contribution in [-0.4, -0.2) is 65.4 Å². The van der Waals surface area contributed by atoms with Crippen molar-refractivity contribution in [1.29, 1.82) is 0 Å².